The third-order valence-electron chi connectivity index (χ3n) is 2.70. The van der Waals surface area contributed by atoms with E-state index < -0.39 is 0 Å². The lowest BCUT2D eigenvalue weighted by Crippen LogP contribution is -2.20. The molecule has 0 aromatic carbocycles. The number of rotatable bonds is 8. The molecule has 0 spiro atoms. The van der Waals surface area contributed by atoms with Gasteiger partial charge in [-0.1, -0.05) is 26.3 Å². The van der Waals surface area contributed by atoms with E-state index in [1.54, 1.807) is 0 Å². The highest BCUT2D eigenvalue weighted by Crippen LogP contribution is 2.25. The van der Waals surface area contributed by atoms with Gasteiger partial charge >= 0.3 is 0 Å². The summed E-state index contributed by atoms with van der Waals surface area (Å²) < 4.78 is 0. The van der Waals surface area contributed by atoms with Gasteiger partial charge in [0.05, 0.1) is 0 Å². The van der Waals surface area contributed by atoms with Crippen molar-refractivity contribution in [2.75, 3.05) is 12.3 Å². The smallest absolute Gasteiger partial charge is 0.101 e. The summed E-state index contributed by atoms with van der Waals surface area (Å²) in [7, 11) is 0. The van der Waals surface area contributed by atoms with Crippen LogP contribution in [0.3, 0.4) is 0 Å². The van der Waals surface area contributed by atoms with E-state index >= 15 is 0 Å². The number of aromatic nitrogens is 1. The maximum atomic E-state index is 4.50. The Bertz CT molecular complexity index is 315. The highest BCUT2D eigenvalue weighted by Gasteiger charge is 2.10. The van der Waals surface area contributed by atoms with Gasteiger partial charge < -0.3 is 5.32 Å². The molecule has 0 saturated heterocycles. The van der Waals surface area contributed by atoms with Crippen LogP contribution in [0.1, 0.15) is 51.6 Å². The molecule has 96 valence electrons. The van der Waals surface area contributed by atoms with Crippen LogP contribution in [0.25, 0.3) is 0 Å². The molecule has 0 aliphatic heterocycles. The Kier molecular flexibility index (Phi) is 7.29. The number of pyridine rings is 1. The Morgan fingerprint density at radius 1 is 1.35 bits per heavy atom. The van der Waals surface area contributed by atoms with Crippen LogP contribution in [0.2, 0.25) is 0 Å². The molecule has 1 heterocycles. The zero-order chi connectivity index (χ0) is 12.5. The second kappa shape index (κ2) is 8.54. The predicted octanol–water partition coefficient (Wildman–Crippen LogP) is 4.03. The van der Waals surface area contributed by atoms with Crippen molar-refractivity contribution in [2.24, 2.45) is 0 Å². The SMILES string of the molecule is CCCCSc1ncccc1C(C)NCCC. The standard InChI is InChI=1S/C14H24N2S/c1-4-6-11-17-14-13(8-7-10-16-14)12(3)15-9-5-2/h7-8,10,12,15H,4-6,9,11H2,1-3H3. The summed E-state index contributed by atoms with van der Waals surface area (Å²) in [6.45, 7) is 7.71. The molecule has 0 saturated carbocycles. The Balaban J connectivity index is 2.62. The Morgan fingerprint density at radius 3 is 2.88 bits per heavy atom. The molecule has 0 amide bonds. The molecule has 1 rings (SSSR count). The third kappa shape index (κ3) is 5.09. The molecular weight excluding hydrogens is 228 g/mol. The van der Waals surface area contributed by atoms with Gasteiger partial charge in [-0.3, -0.25) is 0 Å². The van der Waals surface area contributed by atoms with Gasteiger partial charge in [-0.2, -0.15) is 0 Å². The molecule has 1 unspecified atom stereocenters. The first-order valence-corrected chi connectivity index (χ1v) is 7.59. The summed E-state index contributed by atoms with van der Waals surface area (Å²) >= 11 is 1.88. The maximum Gasteiger partial charge on any atom is 0.101 e. The molecule has 0 aliphatic carbocycles. The van der Waals surface area contributed by atoms with E-state index in [0.717, 1.165) is 6.54 Å². The lowest BCUT2D eigenvalue weighted by Gasteiger charge is -2.16. The first kappa shape index (κ1) is 14.5. The minimum absolute atomic E-state index is 0.396. The van der Waals surface area contributed by atoms with E-state index in [1.165, 1.54) is 35.6 Å². The molecule has 1 N–H and O–H groups in total. The lowest BCUT2D eigenvalue weighted by atomic mass is 10.1. The van der Waals surface area contributed by atoms with Crippen LogP contribution in [-0.2, 0) is 0 Å². The van der Waals surface area contributed by atoms with Gasteiger partial charge in [0.2, 0.25) is 0 Å². The van der Waals surface area contributed by atoms with Gasteiger partial charge in [0.1, 0.15) is 5.03 Å². The largest absolute Gasteiger partial charge is 0.310 e. The summed E-state index contributed by atoms with van der Waals surface area (Å²) in [5, 5.41) is 4.72. The van der Waals surface area contributed by atoms with Gasteiger partial charge in [-0.05, 0) is 38.1 Å². The fraction of sp³-hybridized carbons (Fsp3) is 0.643. The normalized spacial score (nSPS) is 12.6. The zero-order valence-electron chi connectivity index (χ0n) is 11.2. The van der Waals surface area contributed by atoms with E-state index in [4.69, 9.17) is 0 Å². The molecule has 0 bridgehead atoms. The van der Waals surface area contributed by atoms with Crippen molar-refractivity contribution in [3.63, 3.8) is 0 Å². The third-order valence-corrected chi connectivity index (χ3v) is 3.81. The van der Waals surface area contributed by atoms with E-state index in [9.17, 15) is 0 Å². The van der Waals surface area contributed by atoms with E-state index in [2.05, 4.69) is 37.1 Å². The summed E-state index contributed by atoms with van der Waals surface area (Å²) in [6.07, 6.45) is 5.57. The summed E-state index contributed by atoms with van der Waals surface area (Å²) in [5.41, 5.74) is 1.34. The minimum atomic E-state index is 0.396. The molecule has 2 nitrogen and oxygen atoms in total. The number of hydrogen-bond donors (Lipinski definition) is 1. The molecule has 3 heteroatoms. The molecule has 1 aromatic rings. The quantitative estimate of drug-likeness (QED) is 0.558. The van der Waals surface area contributed by atoms with E-state index in [-0.39, 0.29) is 0 Å². The fourth-order valence-corrected chi connectivity index (χ4v) is 2.81. The van der Waals surface area contributed by atoms with Crippen molar-refractivity contribution in [1.82, 2.24) is 10.3 Å². The highest BCUT2D eigenvalue weighted by atomic mass is 32.2. The number of unbranched alkanes of at least 4 members (excludes halogenated alkanes) is 1. The van der Waals surface area contributed by atoms with Crippen molar-refractivity contribution in [3.8, 4) is 0 Å². The minimum Gasteiger partial charge on any atom is -0.310 e. The average molecular weight is 252 g/mol. The second-order valence-electron chi connectivity index (χ2n) is 4.28. The van der Waals surface area contributed by atoms with Gasteiger partial charge in [-0.25, -0.2) is 4.98 Å². The number of nitrogens with one attached hydrogen (secondary N) is 1. The Hall–Kier alpha value is -0.540. The molecule has 0 fully saturated rings. The van der Waals surface area contributed by atoms with E-state index in [1.807, 2.05) is 24.0 Å². The van der Waals surface area contributed by atoms with E-state index in [0.29, 0.717) is 6.04 Å². The van der Waals surface area contributed by atoms with Crippen molar-refractivity contribution in [3.05, 3.63) is 23.9 Å². The lowest BCUT2D eigenvalue weighted by molar-refractivity contribution is 0.560. The Labute approximate surface area is 110 Å². The summed E-state index contributed by atoms with van der Waals surface area (Å²) in [5.74, 6) is 1.17. The predicted molar refractivity (Wildman–Crippen MR) is 76.6 cm³/mol. The first-order chi connectivity index (χ1) is 8.29. The van der Waals surface area contributed by atoms with Gasteiger partial charge in [-0.15, -0.1) is 11.8 Å². The van der Waals surface area contributed by atoms with Gasteiger partial charge in [0.25, 0.3) is 0 Å². The molecule has 0 aliphatic rings. The molecule has 1 aromatic heterocycles. The first-order valence-electron chi connectivity index (χ1n) is 6.60. The van der Waals surface area contributed by atoms with Crippen LogP contribution in [0, 0.1) is 0 Å². The summed E-state index contributed by atoms with van der Waals surface area (Å²) in [4.78, 5) is 4.50. The van der Waals surface area contributed by atoms with Crippen molar-refractivity contribution in [2.45, 2.75) is 51.1 Å². The average Bonchev–Trinajstić information content (AvgIpc) is 2.37. The highest BCUT2D eigenvalue weighted by molar-refractivity contribution is 7.99. The molecule has 1 atom stereocenters. The van der Waals surface area contributed by atoms with Crippen LogP contribution >= 0.6 is 11.8 Å². The van der Waals surface area contributed by atoms with Gasteiger partial charge in [0, 0.05) is 17.8 Å². The van der Waals surface area contributed by atoms with Crippen LogP contribution in [0.15, 0.2) is 23.4 Å². The topological polar surface area (TPSA) is 24.9 Å². The van der Waals surface area contributed by atoms with Crippen molar-refractivity contribution < 1.29 is 0 Å². The van der Waals surface area contributed by atoms with Crippen LogP contribution in [0.5, 0.6) is 0 Å². The van der Waals surface area contributed by atoms with Crippen LogP contribution in [-0.4, -0.2) is 17.3 Å². The monoisotopic (exact) mass is 252 g/mol. The fourth-order valence-electron chi connectivity index (χ4n) is 1.64. The molecule has 17 heavy (non-hydrogen) atoms. The Morgan fingerprint density at radius 2 is 2.18 bits per heavy atom. The summed E-state index contributed by atoms with van der Waals surface area (Å²) in [6, 6.07) is 4.62. The van der Waals surface area contributed by atoms with Crippen LogP contribution in [0.4, 0.5) is 0 Å². The molecule has 0 radical (unpaired) electrons. The number of nitrogens with zero attached hydrogens (tertiary/aromatic N) is 1. The zero-order valence-corrected chi connectivity index (χ0v) is 12.0. The van der Waals surface area contributed by atoms with Crippen molar-refractivity contribution in [1.29, 1.82) is 0 Å². The van der Waals surface area contributed by atoms with Gasteiger partial charge in [0.15, 0.2) is 0 Å². The van der Waals surface area contributed by atoms with Crippen LogP contribution < -0.4 is 5.32 Å². The van der Waals surface area contributed by atoms with Crippen molar-refractivity contribution >= 4 is 11.8 Å². The maximum absolute atomic E-state index is 4.50. The second-order valence-corrected chi connectivity index (χ2v) is 5.36. The number of hydrogen-bond acceptors (Lipinski definition) is 3. The molecular formula is C14H24N2S. The number of thioether (sulfide) groups is 1.